The highest BCUT2D eigenvalue weighted by Gasteiger charge is 2.16. The second-order valence-electron chi connectivity index (χ2n) is 6.57. The predicted octanol–water partition coefficient (Wildman–Crippen LogP) is 2.85. The normalized spacial score (nSPS) is 15.3. The summed E-state index contributed by atoms with van der Waals surface area (Å²) in [5.74, 6) is -0.166. The number of hydrogen-bond acceptors (Lipinski definition) is 4. The van der Waals surface area contributed by atoms with Crippen LogP contribution in [0.3, 0.4) is 0 Å². The molecule has 1 aliphatic rings. The number of sulfone groups is 1. The number of rotatable bonds is 4. The lowest BCUT2D eigenvalue weighted by atomic mass is 9.95. The molecule has 0 spiro atoms. The first-order valence-corrected chi connectivity index (χ1v) is 10.3. The Morgan fingerprint density at radius 3 is 2.52 bits per heavy atom. The van der Waals surface area contributed by atoms with E-state index in [0.29, 0.717) is 5.56 Å². The van der Waals surface area contributed by atoms with E-state index < -0.39 is 9.84 Å². The molecule has 1 atom stereocenters. The van der Waals surface area contributed by atoms with Crippen molar-refractivity contribution in [2.75, 3.05) is 6.26 Å². The van der Waals surface area contributed by atoms with Crippen LogP contribution in [0.15, 0.2) is 41.4 Å². The van der Waals surface area contributed by atoms with E-state index in [0.717, 1.165) is 36.9 Å². The van der Waals surface area contributed by atoms with Crippen LogP contribution in [0.1, 0.15) is 53.0 Å². The first kappa shape index (κ1) is 17.6. The molecule has 1 aromatic heterocycles. The van der Waals surface area contributed by atoms with Crippen LogP contribution in [-0.4, -0.2) is 25.6 Å². The first-order valence-electron chi connectivity index (χ1n) is 8.43. The number of aryl methyl sites for hydroxylation is 2. The summed E-state index contributed by atoms with van der Waals surface area (Å²) >= 11 is 0. The third-order valence-corrected chi connectivity index (χ3v) is 5.72. The highest BCUT2D eigenvalue weighted by Crippen LogP contribution is 2.21. The maximum absolute atomic E-state index is 12.5. The smallest absolute Gasteiger partial charge is 0.253 e. The fourth-order valence-corrected chi connectivity index (χ4v) is 3.71. The van der Waals surface area contributed by atoms with Crippen molar-refractivity contribution < 1.29 is 13.2 Å². The van der Waals surface area contributed by atoms with E-state index in [2.05, 4.69) is 10.3 Å². The highest BCUT2D eigenvalue weighted by molar-refractivity contribution is 7.90. The number of benzene rings is 1. The summed E-state index contributed by atoms with van der Waals surface area (Å²) in [7, 11) is -3.22. The van der Waals surface area contributed by atoms with Gasteiger partial charge in [-0.15, -0.1) is 0 Å². The standard InChI is InChI=1S/C19H22N2O3S/c1-13(14-7-9-17(10-8-14)25(2,23)24)21-19(22)16-11-15-5-3-4-6-18(15)20-12-16/h7-13H,3-6H2,1-2H3,(H,21,22)/t13-/m1/s1. The minimum absolute atomic E-state index is 0.166. The van der Waals surface area contributed by atoms with Crippen LogP contribution >= 0.6 is 0 Å². The van der Waals surface area contributed by atoms with Gasteiger partial charge in [-0.3, -0.25) is 9.78 Å². The lowest BCUT2D eigenvalue weighted by Gasteiger charge is -2.17. The Balaban J connectivity index is 1.72. The summed E-state index contributed by atoms with van der Waals surface area (Å²) in [4.78, 5) is 17.2. The van der Waals surface area contributed by atoms with Crippen molar-refractivity contribution >= 4 is 15.7 Å². The van der Waals surface area contributed by atoms with Crippen molar-refractivity contribution in [1.29, 1.82) is 0 Å². The van der Waals surface area contributed by atoms with Crippen LogP contribution in [0.25, 0.3) is 0 Å². The largest absolute Gasteiger partial charge is 0.345 e. The van der Waals surface area contributed by atoms with E-state index in [1.807, 2.05) is 13.0 Å². The van der Waals surface area contributed by atoms with Crippen LogP contribution in [0, 0.1) is 0 Å². The Bertz CT molecular complexity index is 889. The molecule has 6 heteroatoms. The minimum Gasteiger partial charge on any atom is -0.345 e. The zero-order valence-corrected chi connectivity index (χ0v) is 15.3. The lowest BCUT2D eigenvalue weighted by molar-refractivity contribution is 0.0939. The Morgan fingerprint density at radius 2 is 1.84 bits per heavy atom. The van der Waals surface area contributed by atoms with E-state index in [1.165, 1.54) is 11.8 Å². The molecular formula is C19H22N2O3S. The van der Waals surface area contributed by atoms with Gasteiger partial charge in [-0.05, 0) is 61.9 Å². The molecule has 1 amide bonds. The van der Waals surface area contributed by atoms with E-state index in [-0.39, 0.29) is 16.8 Å². The Hall–Kier alpha value is -2.21. The van der Waals surface area contributed by atoms with Gasteiger partial charge >= 0.3 is 0 Å². The molecule has 1 aliphatic carbocycles. The SMILES string of the molecule is C[C@@H](NC(=O)c1cnc2c(c1)CCCC2)c1ccc(S(C)(=O)=O)cc1. The van der Waals surface area contributed by atoms with E-state index in [4.69, 9.17) is 0 Å². The molecule has 132 valence electrons. The van der Waals surface area contributed by atoms with Gasteiger partial charge in [0, 0.05) is 18.1 Å². The van der Waals surface area contributed by atoms with Crippen molar-refractivity contribution in [3.8, 4) is 0 Å². The molecule has 0 fully saturated rings. The van der Waals surface area contributed by atoms with Crippen molar-refractivity contribution in [1.82, 2.24) is 10.3 Å². The molecule has 3 rings (SSSR count). The molecule has 1 heterocycles. The van der Waals surface area contributed by atoms with Gasteiger partial charge in [0.15, 0.2) is 9.84 Å². The van der Waals surface area contributed by atoms with E-state index >= 15 is 0 Å². The maximum atomic E-state index is 12.5. The molecule has 5 nitrogen and oxygen atoms in total. The number of aromatic nitrogens is 1. The predicted molar refractivity (Wildman–Crippen MR) is 96.3 cm³/mol. The summed E-state index contributed by atoms with van der Waals surface area (Å²) in [6, 6.07) is 8.30. The number of carbonyl (C=O) groups excluding carboxylic acids is 1. The molecular weight excluding hydrogens is 336 g/mol. The second-order valence-corrected chi connectivity index (χ2v) is 8.59. The van der Waals surface area contributed by atoms with Gasteiger partial charge in [0.25, 0.3) is 5.91 Å². The summed E-state index contributed by atoms with van der Waals surface area (Å²) < 4.78 is 23.0. The fraction of sp³-hybridized carbons (Fsp3) is 0.368. The third-order valence-electron chi connectivity index (χ3n) is 4.59. The number of fused-ring (bicyclic) bond motifs is 1. The number of hydrogen-bond donors (Lipinski definition) is 1. The summed E-state index contributed by atoms with van der Waals surface area (Å²) in [6.45, 7) is 1.87. The second kappa shape index (κ2) is 6.96. The zero-order valence-electron chi connectivity index (χ0n) is 14.5. The number of nitrogens with one attached hydrogen (secondary N) is 1. The number of carbonyl (C=O) groups is 1. The Kier molecular flexibility index (Phi) is 4.90. The lowest BCUT2D eigenvalue weighted by Crippen LogP contribution is -2.27. The molecule has 1 aromatic carbocycles. The number of pyridine rings is 1. The quantitative estimate of drug-likeness (QED) is 0.912. The van der Waals surface area contributed by atoms with Crippen LogP contribution in [0.5, 0.6) is 0 Å². The zero-order chi connectivity index (χ0) is 18.0. The summed E-state index contributed by atoms with van der Waals surface area (Å²) in [5, 5.41) is 2.95. The van der Waals surface area contributed by atoms with Crippen molar-refractivity contribution in [2.24, 2.45) is 0 Å². The van der Waals surface area contributed by atoms with Crippen molar-refractivity contribution in [2.45, 2.75) is 43.5 Å². The molecule has 25 heavy (non-hydrogen) atoms. The fourth-order valence-electron chi connectivity index (χ4n) is 3.08. The number of nitrogens with zero attached hydrogens (tertiary/aromatic N) is 1. The van der Waals surface area contributed by atoms with E-state index in [9.17, 15) is 13.2 Å². The van der Waals surface area contributed by atoms with Gasteiger partial charge in [-0.2, -0.15) is 0 Å². The van der Waals surface area contributed by atoms with Gasteiger partial charge in [-0.1, -0.05) is 12.1 Å². The van der Waals surface area contributed by atoms with Gasteiger partial charge < -0.3 is 5.32 Å². The molecule has 0 unspecified atom stereocenters. The van der Waals surface area contributed by atoms with Gasteiger partial charge in [0.2, 0.25) is 0 Å². The van der Waals surface area contributed by atoms with Crippen LogP contribution < -0.4 is 5.32 Å². The van der Waals surface area contributed by atoms with Crippen LogP contribution in [0.4, 0.5) is 0 Å². The van der Waals surface area contributed by atoms with Crippen LogP contribution in [0.2, 0.25) is 0 Å². The van der Waals surface area contributed by atoms with Gasteiger partial charge in [-0.25, -0.2) is 8.42 Å². The minimum atomic E-state index is -3.22. The van der Waals surface area contributed by atoms with Gasteiger partial charge in [0.05, 0.1) is 16.5 Å². The Morgan fingerprint density at radius 1 is 1.16 bits per heavy atom. The number of amides is 1. The summed E-state index contributed by atoms with van der Waals surface area (Å²) in [5.41, 5.74) is 3.70. The molecule has 0 saturated heterocycles. The molecule has 0 bridgehead atoms. The molecule has 0 saturated carbocycles. The van der Waals surface area contributed by atoms with E-state index in [1.54, 1.807) is 30.5 Å². The summed E-state index contributed by atoms with van der Waals surface area (Å²) in [6.07, 6.45) is 7.08. The monoisotopic (exact) mass is 358 g/mol. The van der Waals surface area contributed by atoms with Gasteiger partial charge in [0.1, 0.15) is 0 Å². The average Bonchev–Trinajstić information content (AvgIpc) is 2.60. The molecule has 2 aromatic rings. The molecule has 1 N–H and O–H groups in total. The molecule has 0 aliphatic heterocycles. The third kappa shape index (κ3) is 4.07. The topological polar surface area (TPSA) is 76.1 Å². The van der Waals surface area contributed by atoms with Crippen molar-refractivity contribution in [3.05, 3.63) is 58.9 Å². The maximum Gasteiger partial charge on any atom is 0.253 e. The first-order chi connectivity index (χ1) is 11.8. The van der Waals surface area contributed by atoms with Crippen molar-refractivity contribution in [3.63, 3.8) is 0 Å². The highest BCUT2D eigenvalue weighted by atomic mass is 32.2. The Labute approximate surface area is 148 Å². The molecule has 0 radical (unpaired) electrons. The average molecular weight is 358 g/mol. The van der Waals surface area contributed by atoms with Crippen LogP contribution in [-0.2, 0) is 22.7 Å².